The quantitative estimate of drug-likeness (QED) is 0.470. The number of carboxylic acids is 1. The zero-order chi connectivity index (χ0) is 22.7. The molecule has 0 bridgehead atoms. The van der Waals surface area contributed by atoms with Crippen LogP contribution < -0.4 is 5.73 Å². The van der Waals surface area contributed by atoms with E-state index in [0.29, 0.717) is 28.7 Å². The Kier molecular flexibility index (Phi) is 5.54. The van der Waals surface area contributed by atoms with Crippen LogP contribution in [0.2, 0.25) is 0 Å². The molecule has 0 saturated carbocycles. The van der Waals surface area contributed by atoms with Gasteiger partial charge in [-0.05, 0) is 54.3 Å². The molecule has 0 fully saturated rings. The Bertz CT molecular complexity index is 1320. The van der Waals surface area contributed by atoms with Crippen molar-refractivity contribution in [3.8, 4) is 28.7 Å². The Morgan fingerprint density at radius 3 is 2.47 bits per heavy atom. The second kappa shape index (κ2) is 8.46. The molecule has 3 aromatic carbocycles. The van der Waals surface area contributed by atoms with Gasteiger partial charge in [-0.25, -0.2) is 4.79 Å². The first-order chi connectivity index (χ1) is 15.4. The van der Waals surface area contributed by atoms with E-state index in [1.54, 1.807) is 37.3 Å². The van der Waals surface area contributed by atoms with Crippen molar-refractivity contribution >= 4 is 5.97 Å². The number of hydrogen-bond acceptors (Lipinski definition) is 6. The monoisotopic (exact) mass is 424 g/mol. The molecule has 7 nitrogen and oxygen atoms in total. The fraction of sp³-hybridized carbons (Fsp3) is 0.120. The van der Waals surface area contributed by atoms with Gasteiger partial charge in [-0.3, -0.25) is 0 Å². The van der Waals surface area contributed by atoms with Crippen molar-refractivity contribution in [3.63, 3.8) is 0 Å². The molecule has 1 aromatic heterocycles. The van der Waals surface area contributed by atoms with Crippen LogP contribution in [0.25, 0.3) is 22.6 Å². The fourth-order valence-corrected chi connectivity index (χ4v) is 3.53. The number of aromatic nitrogens is 2. The minimum absolute atomic E-state index is 0.0461. The van der Waals surface area contributed by atoms with Crippen molar-refractivity contribution in [2.24, 2.45) is 5.73 Å². The van der Waals surface area contributed by atoms with Crippen LogP contribution in [0.4, 0.5) is 0 Å². The van der Waals surface area contributed by atoms with E-state index < -0.39 is 11.5 Å². The highest BCUT2D eigenvalue weighted by atomic mass is 16.4. The van der Waals surface area contributed by atoms with Crippen LogP contribution in [0.3, 0.4) is 0 Å². The van der Waals surface area contributed by atoms with E-state index in [1.165, 1.54) is 12.1 Å². The van der Waals surface area contributed by atoms with Crippen LogP contribution in [0.1, 0.15) is 34.3 Å². The predicted molar refractivity (Wildman–Crippen MR) is 119 cm³/mol. The number of nitriles is 1. The first-order valence-electron chi connectivity index (χ1n) is 9.92. The van der Waals surface area contributed by atoms with Crippen LogP contribution in [-0.4, -0.2) is 21.3 Å². The fourth-order valence-electron chi connectivity index (χ4n) is 3.53. The van der Waals surface area contributed by atoms with Gasteiger partial charge in [0.2, 0.25) is 11.8 Å². The summed E-state index contributed by atoms with van der Waals surface area (Å²) >= 11 is 0. The minimum atomic E-state index is -1.10. The van der Waals surface area contributed by atoms with Crippen LogP contribution in [0.15, 0.2) is 77.2 Å². The molecule has 0 amide bonds. The van der Waals surface area contributed by atoms with Gasteiger partial charge in [0, 0.05) is 5.56 Å². The lowest BCUT2D eigenvalue weighted by atomic mass is 9.94. The maximum atomic E-state index is 11.7. The van der Waals surface area contributed by atoms with Crippen LogP contribution in [0, 0.1) is 11.3 Å². The van der Waals surface area contributed by atoms with Gasteiger partial charge in [-0.15, -0.1) is 10.2 Å². The molecule has 0 saturated heterocycles. The number of nitrogens with zero attached hydrogens (tertiary/aromatic N) is 3. The predicted octanol–water partition coefficient (Wildman–Crippen LogP) is 4.39. The van der Waals surface area contributed by atoms with E-state index in [-0.39, 0.29) is 17.3 Å². The summed E-state index contributed by atoms with van der Waals surface area (Å²) in [6.07, 6.45) is 0.492. The highest BCUT2D eigenvalue weighted by Gasteiger charge is 2.29. The SMILES string of the molecule is C[C@](N)(Cc1ccccc1)c1nnc(-c2cc(C(=O)O)cc(-c3ccccc3C#N)c2)o1. The number of rotatable bonds is 6. The van der Waals surface area contributed by atoms with E-state index in [1.807, 2.05) is 30.3 Å². The Hall–Kier alpha value is -4.28. The normalized spacial score (nSPS) is 12.7. The molecule has 1 heterocycles. The van der Waals surface area contributed by atoms with Crippen molar-refractivity contribution in [2.45, 2.75) is 18.9 Å². The molecular weight excluding hydrogens is 404 g/mol. The highest BCUT2D eigenvalue weighted by molar-refractivity contribution is 5.92. The Labute approximate surface area is 184 Å². The van der Waals surface area contributed by atoms with Gasteiger partial charge < -0.3 is 15.3 Å². The first kappa shape index (κ1) is 21.0. The summed E-state index contributed by atoms with van der Waals surface area (Å²) in [6, 6.07) is 23.6. The maximum Gasteiger partial charge on any atom is 0.335 e. The number of carbonyl (C=O) groups is 1. The molecule has 0 aliphatic rings. The number of hydrogen-bond donors (Lipinski definition) is 2. The summed E-state index contributed by atoms with van der Waals surface area (Å²) in [5.74, 6) is -0.699. The molecule has 3 N–H and O–H groups in total. The molecule has 0 unspecified atom stereocenters. The van der Waals surface area contributed by atoms with Gasteiger partial charge in [0.25, 0.3) is 0 Å². The summed E-state index contributed by atoms with van der Waals surface area (Å²) in [5.41, 5.74) is 8.69. The largest absolute Gasteiger partial charge is 0.478 e. The lowest BCUT2D eigenvalue weighted by Crippen LogP contribution is -2.35. The van der Waals surface area contributed by atoms with Crippen molar-refractivity contribution < 1.29 is 14.3 Å². The van der Waals surface area contributed by atoms with Crippen LogP contribution >= 0.6 is 0 Å². The number of nitrogens with two attached hydrogens (primary N) is 1. The lowest BCUT2D eigenvalue weighted by molar-refractivity contribution is 0.0697. The van der Waals surface area contributed by atoms with E-state index in [4.69, 9.17) is 10.2 Å². The molecule has 0 aliphatic heterocycles. The molecule has 0 aliphatic carbocycles. The Morgan fingerprint density at radius 1 is 1.06 bits per heavy atom. The van der Waals surface area contributed by atoms with Gasteiger partial charge >= 0.3 is 5.97 Å². The molecule has 4 aromatic rings. The van der Waals surface area contributed by atoms with Crippen LogP contribution in [0.5, 0.6) is 0 Å². The summed E-state index contributed by atoms with van der Waals surface area (Å²) in [6.45, 7) is 1.81. The average molecular weight is 424 g/mol. The smallest absolute Gasteiger partial charge is 0.335 e. The standard InChI is InChI=1S/C25H20N4O3/c1-25(27,14-16-7-3-2-4-8-16)24-29-28-22(32-24)19-11-18(12-20(13-19)23(30)31)21-10-6-5-9-17(21)15-26/h2-13H,14,27H2,1H3,(H,30,31)/t25-/m0/s1. The summed E-state index contributed by atoms with van der Waals surface area (Å²) in [7, 11) is 0. The van der Waals surface area contributed by atoms with Gasteiger partial charge in [0.1, 0.15) is 0 Å². The molecule has 7 heteroatoms. The third-order valence-corrected chi connectivity index (χ3v) is 5.11. The second-order valence-corrected chi connectivity index (χ2v) is 7.75. The van der Waals surface area contributed by atoms with E-state index in [9.17, 15) is 15.2 Å². The molecular formula is C25H20N4O3. The molecule has 0 radical (unpaired) electrons. The highest BCUT2D eigenvalue weighted by Crippen LogP contribution is 2.31. The first-order valence-corrected chi connectivity index (χ1v) is 9.92. The third kappa shape index (κ3) is 4.26. The molecule has 158 valence electrons. The Morgan fingerprint density at radius 2 is 1.75 bits per heavy atom. The summed E-state index contributed by atoms with van der Waals surface area (Å²) in [5, 5.41) is 27.3. The Balaban J connectivity index is 1.74. The maximum absolute atomic E-state index is 11.7. The third-order valence-electron chi connectivity index (χ3n) is 5.11. The zero-order valence-electron chi connectivity index (χ0n) is 17.3. The minimum Gasteiger partial charge on any atom is -0.478 e. The van der Waals surface area contributed by atoms with Gasteiger partial charge in [-0.2, -0.15) is 5.26 Å². The summed E-state index contributed by atoms with van der Waals surface area (Å²) < 4.78 is 5.88. The lowest BCUT2D eigenvalue weighted by Gasteiger charge is -2.20. The van der Waals surface area contributed by atoms with Crippen molar-refractivity contribution in [1.82, 2.24) is 10.2 Å². The molecule has 0 spiro atoms. The van der Waals surface area contributed by atoms with E-state index in [0.717, 1.165) is 5.56 Å². The second-order valence-electron chi connectivity index (χ2n) is 7.75. The molecule has 32 heavy (non-hydrogen) atoms. The van der Waals surface area contributed by atoms with Crippen molar-refractivity contribution in [3.05, 3.63) is 95.4 Å². The number of benzene rings is 3. The molecule has 4 rings (SSSR count). The van der Waals surface area contributed by atoms with Crippen molar-refractivity contribution in [2.75, 3.05) is 0 Å². The topological polar surface area (TPSA) is 126 Å². The average Bonchev–Trinajstić information content (AvgIpc) is 3.31. The molecule has 1 atom stereocenters. The zero-order valence-corrected chi connectivity index (χ0v) is 17.3. The van der Waals surface area contributed by atoms with E-state index >= 15 is 0 Å². The van der Waals surface area contributed by atoms with Gasteiger partial charge in [0.15, 0.2) is 0 Å². The van der Waals surface area contributed by atoms with Crippen LogP contribution in [-0.2, 0) is 12.0 Å². The van der Waals surface area contributed by atoms with Gasteiger partial charge in [0.05, 0.1) is 22.7 Å². The van der Waals surface area contributed by atoms with E-state index in [2.05, 4.69) is 16.3 Å². The van der Waals surface area contributed by atoms with Crippen molar-refractivity contribution in [1.29, 1.82) is 5.26 Å². The number of aromatic carboxylic acids is 1. The summed E-state index contributed by atoms with van der Waals surface area (Å²) in [4.78, 5) is 11.7. The van der Waals surface area contributed by atoms with Gasteiger partial charge in [-0.1, -0.05) is 48.5 Å². The number of carboxylic acid groups (broad SMARTS) is 1.